The minimum Gasteiger partial charge on any atom is -0.394 e. The van der Waals surface area contributed by atoms with E-state index in [0.717, 1.165) is 44.9 Å². The van der Waals surface area contributed by atoms with Crippen molar-refractivity contribution in [2.75, 3.05) is 13.2 Å². The molecule has 1 aliphatic rings. The van der Waals surface area contributed by atoms with Crippen LogP contribution in [0.1, 0.15) is 104 Å². The lowest BCUT2D eigenvalue weighted by atomic mass is 9.99. The summed E-state index contributed by atoms with van der Waals surface area (Å²) < 4.78 is 11.0. The molecule has 1 fully saturated rings. The number of rotatable bonds is 20. The predicted molar refractivity (Wildman–Crippen MR) is 134 cm³/mol. The number of aliphatic hydroxyl groups is 5. The van der Waals surface area contributed by atoms with E-state index >= 15 is 0 Å². The van der Waals surface area contributed by atoms with E-state index in [2.05, 4.69) is 19.2 Å². The lowest BCUT2D eigenvalue weighted by Gasteiger charge is -2.40. The van der Waals surface area contributed by atoms with Gasteiger partial charge in [-0.1, -0.05) is 84.5 Å². The summed E-state index contributed by atoms with van der Waals surface area (Å²) >= 11 is 0. The van der Waals surface area contributed by atoms with Crippen LogP contribution in [0.5, 0.6) is 0 Å². The third kappa shape index (κ3) is 12.8. The van der Waals surface area contributed by atoms with Crippen molar-refractivity contribution in [1.29, 1.82) is 0 Å². The summed E-state index contributed by atoms with van der Waals surface area (Å²) in [6, 6.07) is -0.703. The van der Waals surface area contributed by atoms with E-state index in [0.29, 0.717) is 12.8 Å². The molecule has 7 unspecified atom stereocenters. The molecule has 1 amide bonds. The van der Waals surface area contributed by atoms with Crippen LogP contribution >= 0.6 is 0 Å². The van der Waals surface area contributed by atoms with Crippen LogP contribution in [0, 0.1) is 0 Å². The fourth-order valence-electron chi connectivity index (χ4n) is 4.33. The fourth-order valence-corrected chi connectivity index (χ4v) is 4.33. The lowest BCUT2D eigenvalue weighted by Crippen LogP contribution is -2.60. The normalized spacial score (nSPS) is 26.4. The Labute approximate surface area is 211 Å². The zero-order valence-electron chi connectivity index (χ0n) is 21.8. The Hall–Kier alpha value is -0.810. The second kappa shape index (κ2) is 19.3. The molecule has 0 saturated carbocycles. The second-order valence-corrected chi connectivity index (χ2v) is 9.85. The predicted octanol–water partition coefficient (Wildman–Crippen LogP) is 2.15. The van der Waals surface area contributed by atoms with Gasteiger partial charge < -0.3 is 40.3 Å². The Morgan fingerprint density at radius 2 is 1.43 bits per heavy atom. The van der Waals surface area contributed by atoms with Gasteiger partial charge in [0.25, 0.3) is 0 Å². The maximum Gasteiger partial charge on any atom is 0.220 e. The van der Waals surface area contributed by atoms with E-state index < -0.39 is 49.5 Å². The first-order valence-electron chi connectivity index (χ1n) is 13.7. The molecule has 208 valence electrons. The summed E-state index contributed by atoms with van der Waals surface area (Å²) in [6.07, 6.45) is 6.16. The van der Waals surface area contributed by atoms with Gasteiger partial charge in [0.1, 0.15) is 24.4 Å². The lowest BCUT2D eigenvalue weighted by molar-refractivity contribution is -0.302. The number of carbonyl (C=O) groups is 1. The van der Waals surface area contributed by atoms with Gasteiger partial charge in [0.2, 0.25) is 5.91 Å². The summed E-state index contributed by atoms with van der Waals surface area (Å²) in [5, 5.41) is 53.0. The van der Waals surface area contributed by atoms with Gasteiger partial charge in [-0.2, -0.15) is 0 Å². The monoisotopic (exact) mass is 505 g/mol. The van der Waals surface area contributed by atoms with Crippen molar-refractivity contribution >= 4 is 5.91 Å². The summed E-state index contributed by atoms with van der Waals surface area (Å²) in [7, 11) is 0. The molecule has 0 aliphatic carbocycles. The van der Waals surface area contributed by atoms with Gasteiger partial charge in [0.15, 0.2) is 6.29 Å². The summed E-state index contributed by atoms with van der Waals surface area (Å²) in [5.41, 5.74) is 0. The van der Waals surface area contributed by atoms with Crippen LogP contribution in [0.15, 0.2) is 0 Å². The maximum absolute atomic E-state index is 12.6. The van der Waals surface area contributed by atoms with Crippen LogP contribution in [0.2, 0.25) is 0 Å². The molecule has 7 atom stereocenters. The average molecular weight is 506 g/mol. The molecule has 9 nitrogen and oxygen atoms in total. The molecule has 0 bridgehead atoms. The highest BCUT2D eigenvalue weighted by atomic mass is 16.7. The first-order valence-corrected chi connectivity index (χ1v) is 13.7. The van der Waals surface area contributed by atoms with Crippen molar-refractivity contribution in [2.45, 2.75) is 147 Å². The van der Waals surface area contributed by atoms with Crippen LogP contribution < -0.4 is 5.32 Å². The summed E-state index contributed by atoms with van der Waals surface area (Å²) in [4.78, 5) is 12.6. The van der Waals surface area contributed by atoms with Crippen LogP contribution in [0.25, 0.3) is 0 Å². The van der Waals surface area contributed by atoms with Gasteiger partial charge in [-0.15, -0.1) is 0 Å². The fraction of sp³-hybridized carbons (Fsp3) is 0.962. The van der Waals surface area contributed by atoms with Gasteiger partial charge in [-0.05, 0) is 12.8 Å². The summed E-state index contributed by atoms with van der Waals surface area (Å²) in [6.45, 7) is 3.62. The Balaban J connectivity index is 2.55. The molecule has 0 aromatic rings. The van der Waals surface area contributed by atoms with Crippen LogP contribution in [0.4, 0.5) is 0 Å². The minimum atomic E-state index is -1.54. The van der Waals surface area contributed by atoms with Crippen LogP contribution in [-0.4, -0.2) is 87.5 Å². The smallest absolute Gasteiger partial charge is 0.220 e. The zero-order chi connectivity index (χ0) is 26.1. The zero-order valence-corrected chi connectivity index (χ0v) is 21.8. The molecule has 9 heteroatoms. The molecule has 35 heavy (non-hydrogen) atoms. The molecule has 1 aliphatic heterocycles. The molecule has 0 aromatic heterocycles. The van der Waals surface area contributed by atoms with E-state index in [9.17, 15) is 30.3 Å². The van der Waals surface area contributed by atoms with Gasteiger partial charge in [-0.25, -0.2) is 0 Å². The Morgan fingerprint density at radius 1 is 0.857 bits per heavy atom. The number of amides is 1. The van der Waals surface area contributed by atoms with E-state index in [1.54, 1.807) is 0 Å². The van der Waals surface area contributed by atoms with Gasteiger partial charge in [0.05, 0.1) is 25.4 Å². The number of aliphatic hydroxyl groups excluding tert-OH is 5. The number of nitrogens with one attached hydrogen (secondary N) is 1. The standard InChI is InChI=1S/C26H51NO8/c1-3-5-7-9-10-11-12-14-16-22(30)27-19(20(29)15-13-8-6-4-2)18-34-26-25(33)24(32)23(31)21(17-28)35-26/h19-21,23-26,28-29,31-33H,3-18H2,1-2H3,(H,27,30). The Kier molecular flexibility index (Phi) is 17.8. The molecule has 1 rings (SSSR count). The molecule has 1 heterocycles. The number of ether oxygens (including phenoxy) is 2. The number of hydrogen-bond acceptors (Lipinski definition) is 8. The van der Waals surface area contributed by atoms with E-state index in [1.807, 2.05) is 0 Å². The van der Waals surface area contributed by atoms with E-state index in [1.165, 1.54) is 32.1 Å². The highest BCUT2D eigenvalue weighted by molar-refractivity contribution is 5.76. The highest BCUT2D eigenvalue weighted by Crippen LogP contribution is 2.22. The van der Waals surface area contributed by atoms with Crippen LogP contribution in [-0.2, 0) is 14.3 Å². The molecule has 6 N–H and O–H groups in total. The Morgan fingerprint density at radius 3 is 2.03 bits per heavy atom. The van der Waals surface area contributed by atoms with Crippen molar-refractivity contribution < 1.29 is 39.8 Å². The quantitative estimate of drug-likeness (QED) is 0.138. The van der Waals surface area contributed by atoms with Gasteiger partial charge >= 0.3 is 0 Å². The number of hydrogen-bond donors (Lipinski definition) is 6. The molecule has 0 radical (unpaired) electrons. The van der Waals surface area contributed by atoms with Gasteiger partial charge in [0, 0.05) is 6.42 Å². The summed E-state index contributed by atoms with van der Waals surface area (Å²) in [5.74, 6) is -0.161. The Bertz CT molecular complexity index is 535. The van der Waals surface area contributed by atoms with Crippen molar-refractivity contribution in [1.82, 2.24) is 5.32 Å². The van der Waals surface area contributed by atoms with Crippen LogP contribution in [0.3, 0.4) is 0 Å². The molecular formula is C26H51NO8. The third-order valence-corrected chi connectivity index (χ3v) is 6.71. The van der Waals surface area contributed by atoms with Crippen molar-refractivity contribution in [3.05, 3.63) is 0 Å². The first-order chi connectivity index (χ1) is 16.8. The molecule has 0 spiro atoms. The second-order valence-electron chi connectivity index (χ2n) is 9.85. The SMILES string of the molecule is CCCCCCCCCCC(=O)NC(COC1OC(CO)C(O)C(O)C1O)C(O)CCCCCC. The van der Waals surface area contributed by atoms with Crippen molar-refractivity contribution in [3.63, 3.8) is 0 Å². The maximum atomic E-state index is 12.6. The number of carbonyl (C=O) groups excluding carboxylic acids is 1. The van der Waals surface area contributed by atoms with Gasteiger partial charge in [-0.3, -0.25) is 4.79 Å². The average Bonchev–Trinajstić information content (AvgIpc) is 2.85. The van der Waals surface area contributed by atoms with E-state index in [-0.39, 0.29) is 12.5 Å². The highest BCUT2D eigenvalue weighted by Gasteiger charge is 2.44. The third-order valence-electron chi connectivity index (χ3n) is 6.71. The number of unbranched alkanes of at least 4 members (excludes halogenated alkanes) is 10. The largest absolute Gasteiger partial charge is 0.394 e. The topological polar surface area (TPSA) is 149 Å². The molecule has 1 saturated heterocycles. The first kappa shape index (κ1) is 32.2. The molecular weight excluding hydrogens is 454 g/mol. The van der Waals surface area contributed by atoms with E-state index in [4.69, 9.17) is 9.47 Å². The minimum absolute atomic E-state index is 0.138. The van der Waals surface area contributed by atoms with Crippen molar-refractivity contribution in [2.24, 2.45) is 0 Å². The van der Waals surface area contributed by atoms with Crippen molar-refractivity contribution in [3.8, 4) is 0 Å². The molecule has 0 aromatic carbocycles.